The van der Waals surface area contributed by atoms with Gasteiger partial charge < -0.3 is 15.0 Å². The van der Waals surface area contributed by atoms with Gasteiger partial charge in [0.05, 0.1) is 19.1 Å². The van der Waals surface area contributed by atoms with E-state index in [0.29, 0.717) is 17.9 Å². The van der Waals surface area contributed by atoms with E-state index in [9.17, 15) is 18.0 Å². The molecule has 2 rings (SSSR count). The molecule has 37 heavy (non-hydrogen) atoms. The van der Waals surface area contributed by atoms with E-state index in [2.05, 4.69) is 5.32 Å². The monoisotopic (exact) mass is 531 g/mol. The predicted octanol–water partition coefficient (Wildman–Crippen LogP) is 4.19. The number of amides is 2. The smallest absolute Gasteiger partial charge is 0.242 e. The third-order valence-electron chi connectivity index (χ3n) is 5.80. The highest BCUT2D eigenvalue weighted by atomic mass is 32.2. The van der Waals surface area contributed by atoms with E-state index in [4.69, 9.17) is 4.74 Å². The van der Waals surface area contributed by atoms with Crippen molar-refractivity contribution in [3.8, 4) is 5.75 Å². The number of nitrogens with zero attached hydrogens (tertiary/aromatic N) is 2. The van der Waals surface area contributed by atoms with Crippen molar-refractivity contribution in [2.24, 2.45) is 0 Å². The first-order valence-electron chi connectivity index (χ1n) is 12.4. The minimum atomic E-state index is -3.55. The molecule has 2 aromatic rings. The highest BCUT2D eigenvalue weighted by molar-refractivity contribution is 7.92. The summed E-state index contributed by atoms with van der Waals surface area (Å²) in [6, 6.07) is 12.3. The first-order valence-corrected chi connectivity index (χ1v) is 14.3. The van der Waals surface area contributed by atoms with Crippen molar-refractivity contribution < 1.29 is 22.7 Å². The molecule has 0 aliphatic heterocycles. The van der Waals surface area contributed by atoms with Gasteiger partial charge in [-0.05, 0) is 88.9 Å². The van der Waals surface area contributed by atoms with Crippen molar-refractivity contribution in [1.29, 1.82) is 0 Å². The summed E-state index contributed by atoms with van der Waals surface area (Å²) in [4.78, 5) is 27.9. The average molecular weight is 532 g/mol. The molecular formula is C28H41N3O5S. The minimum absolute atomic E-state index is 0.0912. The first-order chi connectivity index (χ1) is 17.1. The Hall–Kier alpha value is -3.07. The van der Waals surface area contributed by atoms with E-state index in [1.54, 1.807) is 14.0 Å². The Labute approximate surface area is 222 Å². The van der Waals surface area contributed by atoms with E-state index in [1.165, 1.54) is 15.5 Å². The highest BCUT2D eigenvalue weighted by Crippen LogP contribution is 2.23. The lowest BCUT2D eigenvalue weighted by Gasteiger charge is -2.32. The molecule has 0 saturated heterocycles. The summed E-state index contributed by atoms with van der Waals surface area (Å²) in [5.41, 5.74) is 2.89. The van der Waals surface area contributed by atoms with Gasteiger partial charge in [0.2, 0.25) is 21.8 Å². The van der Waals surface area contributed by atoms with Gasteiger partial charge in [0.25, 0.3) is 0 Å². The van der Waals surface area contributed by atoms with Crippen LogP contribution in [-0.2, 0) is 26.2 Å². The fraction of sp³-hybridized carbons (Fsp3) is 0.500. The lowest BCUT2D eigenvalue weighted by atomic mass is 10.1. The SMILES string of the molecule is COc1cccc(CN(C(=O)CCCN(c2cc(C)cc(C)c2)S(C)(=O)=O)[C@@H](C)C(=O)NC(C)(C)C)c1. The normalized spacial score (nSPS) is 12.5. The number of nitrogens with one attached hydrogen (secondary N) is 1. The van der Waals surface area contributed by atoms with Crippen molar-refractivity contribution in [2.75, 3.05) is 24.2 Å². The van der Waals surface area contributed by atoms with E-state index in [-0.39, 0.29) is 31.3 Å². The summed E-state index contributed by atoms with van der Waals surface area (Å²) >= 11 is 0. The van der Waals surface area contributed by atoms with Crippen molar-refractivity contribution >= 4 is 27.5 Å². The fourth-order valence-electron chi connectivity index (χ4n) is 4.12. The second kappa shape index (κ2) is 12.4. The van der Waals surface area contributed by atoms with Gasteiger partial charge in [0, 0.05) is 25.0 Å². The molecule has 0 saturated carbocycles. The second-order valence-electron chi connectivity index (χ2n) is 10.6. The number of methoxy groups -OCH3 is 1. The molecule has 0 fully saturated rings. The van der Waals surface area contributed by atoms with Crippen molar-refractivity contribution in [2.45, 2.75) is 72.5 Å². The molecule has 0 heterocycles. The van der Waals surface area contributed by atoms with Gasteiger partial charge >= 0.3 is 0 Å². The van der Waals surface area contributed by atoms with Crippen LogP contribution in [0.2, 0.25) is 0 Å². The molecular weight excluding hydrogens is 490 g/mol. The van der Waals surface area contributed by atoms with Crippen molar-refractivity contribution in [3.63, 3.8) is 0 Å². The molecule has 1 N–H and O–H groups in total. The van der Waals surface area contributed by atoms with Crippen molar-refractivity contribution in [1.82, 2.24) is 10.2 Å². The van der Waals surface area contributed by atoms with Gasteiger partial charge in [0.1, 0.15) is 11.8 Å². The number of hydrogen-bond donors (Lipinski definition) is 1. The summed E-state index contributed by atoms with van der Waals surface area (Å²) in [5.74, 6) is 0.180. The van der Waals surface area contributed by atoms with Crippen molar-refractivity contribution in [3.05, 3.63) is 59.2 Å². The van der Waals surface area contributed by atoms with Crippen LogP contribution >= 0.6 is 0 Å². The number of carbonyl (C=O) groups is 2. The lowest BCUT2D eigenvalue weighted by molar-refractivity contribution is -0.141. The molecule has 9 heteroatoms. The summed E-state index contributed by atoms with van der Waals surface area (Å²) in [6.45, 7) is 11.6. The third kappa shape index (κ3) is 9.39. The van der Waals surface area contributed by atoms with Gasteiger partial charge in [-0.2, -0.15) is 0 Å². The number of ether oxygens (including phenoxy) is 1. The summed E-state index contributed by atoms with van der Waals surface area (Å²) < 4.78 is 31.8. The Morgan fingerprint density at radius 2 is 1.68 bits per heavy atom. The maximum atomic E-state index is 13.4. The van der Waals surface area contributed by atoms with Gasteiger partial charge in [0.15, 0.2) is 0 Å². The van der Waals surface area contributed by atoms with Crippen LogP contribution < -0.4 is 14.4 Å². The van der Waals surface area contributed by atoms with Crippen LogP contribution in [0, 0.1) is 13.8 Å². The number of rotatable bonds is 11. The van der Waals surface area contributed by atoms with Crippen LogP contribution in [0.25, 0.3) is 0 Å². The van der Waals surface area contributed by atoms with Gasteiger partial charge in [-0.15, -0.1) is 0 Å². The number of aryl methyl sites for hydroxylation is 2. The number of hydrogen-bond acceptors (Lipinski definition) is 5. The van der Waals surface area contributed by atoms with E-state index in [1.807, 2.05) is 77.1 Å². The Morgan fingerprint density at radius 1 is 1.05 bits per heavy atom. The van der Waals surface area contributed by atoms with Gasteiger partial charge in [-0.3, -0.25) is 13.9 Å². The Morgan fingerprint density at radius 3 is 2.22 bits per heavy atom. The Balaban J connectivity index is 2.23. The van der Waals surface area contributed by atoms with Crippen LogP contribution in [0.1, 0.15) is 57.2 Å². The van der Waals surface area contributed by atoms with Gasteiger partial charge in [-0.1, -0.05) is 18.2 Å². The maximum absolute atomic E-state index is 13.4. The van der Waals surface area contributed by atoms with Crippen LogP contribution in [0.5, 0.6) is 5.75 Å². The van der Waals surface area contributed by atoms with Crippen LogP contribution in [0.3, 0.4) is 0 Å². The Kier molecular flexibility index (Phi) is 10.1. The topological polar surface area (TPSA) is 96.0 Å². The molecule has 8 nitrogen and oxygen atoms in total. The quantitative estimate of drug-likeness (QED) is 0.469. The molecule has 0 aromatic heterocycles. The predicted molar refractivity (Wildman–Crippen MR) is 148 cm³/mol. The minimum Gasteiger partial charge on any atom is -0.497 e. The molecule has 0 unspecified atom stereocenters. The number of carbonyl (C=O) groups excluding carboxylic acids is 2. The van der Waals surface area contributed by atoms with Crippen LogP contribution in [-0.4, -0.2) is 56.6 Å². The standard InChI is InChI=1S/C28H41N3O5S/c1-20-15-21(2)17-24(16-20)31(37(8,34)35)14-10-13-26(32)30(22(3)27(33)29-28(4,5)6)19-23-11-9-12-25(18-23)36-7/h9,11-12,15-18,22H,10,13-14,19H2,1-8H3,(H,29,33)/t22-/m0/s1. The van der Waals surface area contributed by atoms with Crippen LogP contribution in [0.15, 0.2) is 42.5 Å². The Bertz CT molecular complexity index is 1180. The summed E-state index contributed by atoms with van der Waals surface area (Å²) in [7, 11) is -1.97. The zero-order chi connectivity index (χ0) is 28.0. The van der Waals surface area contributed by atoms with Crippen LogP contribution in [0.4, 0.5) is 5.69 Å². The number of benzene rings is 2. The molecule has 2 aromatic carbocycles. The average Bonchev–Trinajstić information content (AvgIpc) is 2.77. The molecule has 204 valence electrons. The zero-order valence-electron chi connectivity index (χ0n) is 23.3. The molecule has 0 aliphatic carbocycles. The third-order valence-corrected chi connectivity index (χ3v) is 6.99. The molecule has 0 aliphatic rings. The molecule has 0 bridgehead atoms. The number of sulfonamides is 1. The van der Waals surface area contributed by atoms with Gasteiger partial charge in [-0.25, -0.2) is 8.42 Å². The maximum Gasteiger partial charge on any atom is 0.242 e. The van der Waals surface area contributed by atoms with E-state index < -0.39 is 21.6 Å². The first kappa shape index (κ1) is 30.2. The fourth-order valence-corrected chi connectivity index (χ4v) is 5.07. The van der Waals surface area contributed by atoms with E-state index >= 15 is 0 Å². The molecule has 0 spiro atoms. The number of anilines is 1. The largest absolute Gasteiger partial charge is 0.497 e. The summed E-state index contributed by atoms with van der Waals surface area (Å²) in [5, 5.41) is 2.94. The van der Waals surface area contributed by atoms with E-state index in [0.717, 1.165) is 16.7 Å². The highest BCUT2D eigenvalue weighted by Gasteiger charge is 2.28. The lowest BCUT2D eigenvalue weighted by Crippen LogP contribution is -2.52. The molecule has 2 amide bonds. The second-order valence-corrected chi connectivity index (χ2v) is 12.5. The summed E-state index contributed by atoms with van der Waals surface area (Å²) in [6.07, 6.45) is 1.57. The zero-order valence-corrected chi connectivity index (χ0v) is 24.1. The molecule has 1 atom stereocenters. The molecule has 0 radical (unpaired) electrons.